The van der Waals surface area contributed by atoms with Crippen molar-refractivity contribution in [2.45, 2.75) is 25.8 Å². The maximum Gasteiger partial charge on any atom is 0.141 e. The third kappa shape index (κ3) is 4.24. The largest absolute Gasteiger partial charge is 0.385 e. The fraction of sp³-hybridized carbons (Fsp3) is 0.583. The average Bonchev–Trinajstić information content (AvgIpc) is 2.29. The Morgan fingerprint density at radius 3 is 2.88 bits per heavy atom. The molecule has 4 heteroatoms. The van der Waals surface area contributed by atoms with Crippen LogP contribution in [0.25, 0.3) is 0 Å². The lowest BCUT2D eigenvalue weighted by molar-refractivity contribution is 0.188. The molecule has 0 amide bonds. The van der Waals surface area contributed by atoms with Gasteiger partial charge in [0, 0.05) is 19.8 Å². The Balaban J connectivity index is 2.57. The summed E-state index contributed by atoms with van der Waals surface area (Å²) in [5.41, 5.74) is 0.888. The number of nitrogens with one attached hydrogen (secondary N) is 1. The summed E-state index contributed by atoms with van der Waals surface area (Å²) in [4.78, 5) is 4.10. The summed E-state index contributed by atoms with van der Waals surface area (Å²) in [6.07, 6.45) is 3.17. The molecular formula is C12H19FN2O. The fourth-order valence-electron chi connectivity index (χ4n) is 1.63. The summed E-state index contributed by atoms with van der Waals surface area (Å²) in [5.74, 6) is -0.295. The average molecular weight is 226 g/mol. The molecule has 0 aliphatic heterocycles. The molecule has 16 heavy (non-hydrogen) atoms. The Kier molecular flexibility index (Phi) is 5.96. The lowest BCUT2D eigenvalue weighted by Gasteiger charge is -2.16. The van der Waals surface area contributed by atoms with Crippen molar-refractivity contribution in [3.8, 4) is 0 Å². The maximum absolute atomic E-state index is 12.7. The minimum atomic E-state index is -0.295. The van der Waals surface area contributed by atoms with Gasteiger partial charge in [0.2, 0.25) is 0 Å². The number of methoxy groups -OCH3 is 1. The van der Waals surface area contributed by atoms with Crippen molar-refractivity contribution in [1.82, 2.24) is 10.3 Å². The molecule has 1 aromatic heterocycles. The molecule has 1 rings (SSSR count). The molecule has 0 fully saturated rings. The van der Waals surface area contributed by atoms with Crippen LogP contribution in [-0.4, -0.2) is 25.2 Å². The first kappa shape index (κ1) is 13.1. The first-order chi connectivity index (χ1) is 7.77. The van der Waals surface area contributed by atoms with Crippen LogP contribution in [0.2, 0.25) is 0 Å². The van der Waals surface area contributed by atoms with Crippen LogP contribution in [0.3, 0.4) is 0 Å². The Bertz CT molecular complexity index is 290. The summed E-state index contributed by atoms with van der Waals surface area (Å²) >= 11 is 0. The number of rotatable bonds is 7. The van der Waals surface area contributed by atoms with Crippen LogP contribution < -0.4 is 5.32 Å². The normalized spacial score (nSPS) is 12.7. The van der Waals surface area contributed by atoms with Crippen LogP contribution in [0.1, 0.15) is 31.5 Å². The molecule has 1 atom stereocenters. The van der Waals surface area contributed by atoms with Crippen molar-refractivity contribution in [3.63, 3.8) is 0 Å². The van der Waals surface area contributed by atoms with Crippen molar-refractivity contribution < 1.29 is 9.13 Å². The molecule has 1 unspecified atom stereocenters. The Hall–Kier alpha value is -1.00. The number of pyridine rings is 1. The smallest absolute Gasteiger partial charge is 0.141 e. The van der Waals surface area contributed by atoms with Crippen molar-refractivity contribution in [1.29, 1.82) is 0 Å². The van der Waals surface area contributed by atoms with Crippen molar-refractivity contribution >= 4 is 0 Å². The number of hydrogen-bond donors (Lipinski definition) is 1. The van der Waals surface area contributed by atoms with Gasteiger partial charge in [-0.1, -0.05) is 6.92 Å². The minimum absolute atomic E-state index is 0.181. The highest BCUT2D eigenvalue weighted by Crippen LogP contribution is 2.16. The maximum atomic E-state index is 12.7. The molecular weight excluding hydrogens is 207 g/mol. The first-order valence-corrected chi connectivity index (χ1v) is 5.61. The second kappa shape index (κ2) is 7.30. The van der Waals surface area contributed by atoms with Gasteiger partial charge in [-0.15, -0.1) is 0 Å². The van der Waals surface area contributed by atoms with Gasteiger partial charge in [-0.05, 0) is 31.5 Å². The summed E-state index contributed by atoms with van der Waals surface area (Å²) in [5, 5.41) is 3.34. The highest BCUT2D eigenvalue weighted by Gasteiger charge is 2.11. The SMILES string of the molecule is CCNC(CCCOC)c1ccc(F)cn1. The van der Waals surface area contributed by atoms with E-state index in [1.54, 1.807) is 13.2 Å². The van der Waals surface area contributed by atoms with Gasteiger partial charge in [-0.3, -0.25) is 4.98 Å². The van der Waals surface area contributed by atoms with Gasteiger partial charge in [0.05, 0.1) is 11.9 Å². The third-order valence-corrected chi connectivity index (χ3v) is 2.40. The Labute approximate surface area is 96.0 Å². The molecule has 1 N–H and O–H groups in total. The van der Waals surface area contributed by atoms with E-state index in [9.17, 15) is 4.39 Å². The molecule has 1 heterocycles. The number of halogens is 1. The molecule has 0 bridgehead atoms. The summed E-state index contributed by atoms with van der Waals surface area (Å²) in [6.45, 7) is 3.66. The van der Waals surface area contributed by atoms with Gasteiger partial charge in [0.15, 0.2) is 0 Å². The molecule has 90 valence electrons. The van der Waals surface area contributed by atoms with Gasteiger partial charge < -0.3 is 10.1 Å². The number of hydrogen-bond acceptors (Lipinski definition) is 3. The number of aromatic nitrogens is 1. The molecule has 0 radical (unpaired) electrons. The van der Waals surface area contributed by atoms with E-state index in [2.05, 4.69) is 10.3 Å². The second-order valence-electron chi connectivity index (χ2n) is 3.65. The van der Waals surface area contributed by atoms with Gasteiger partial charge in [-0.25, -0.2) is 4.39 Å². The molecule has 1 aromatic rings. The first-order valence-electron chi connectivity index (χ1n) is 5.61. The molecule has 3 nitrogen and oxygen atoms in total. The van der Waals surface area contributed by atoms with E-state index < -0.39 is 0 Å². The molecule has 0 aliphatic rings. The fourth-order valence-corrected chi connectivity index (χ4v) is 1.63. The Morgan fingerprint density at radius 2 is 2.31 bits per heavy atom. The van der Waals surface area contributed by atoms with Crippen LogP contribution in [0.15, 0.2) is 18.3 Å². The summed E-state index contributed by atoms with van der Waals surface area (Å²) in [6, 6.07) is 3.36. The number of nitrogens with zero attached hydrogens (tertiary/aromatic N) is 1. The van der Waals surface area contributed by atoms with Crippen molar-refractivity contribution in [2.24, 2.45) is 0 Å². The summed E-state index contributed by atoms with van der Waals surface area (Å²) in [7, 11) is 1.69. The Morgan fingerprint density at radius 1 is 1.50 bits per heavy atom. The predicted octanol–water partition coefficient (Wildman–Crippen LogP) is 2.30. The van der Waals surface area contributed by atoms with Gasteiger partial charge in [0.1, 0.15) is 5.82 Å². The van der Waals surface area contributed by atoms with Crippen molar-refractivity contribution in [2.75, 3.05) is 20.3 Å². The van der Waals surface area contributed by atoms with Crippen LogP contribution in [0, 0.1) is 5.82 Å². The molecule has 0 saturated heterocycles. The van der Waals surface area contributed by atoms with Gasteiger partial charge >= 0.3 is 0 Å². The number of ether oxygens (including phenoxy) is 1. The predicted molar refractivity (Wildman–Crippen MR) is 61.7 cm³/mol. The standard InChI is InChI=1S/C12H19FN2O/c1-3-14-11(5-4-8-16-2)12-7-6-10(13)9-15-12/h6-7,9,11,14H,3-5,8H2,1-2H3. The molecule has 0 saturated carbocycles. The zero-order chi connectivity index (χ0) is 11.8. The lowest BCUT2D eigenvalue weighted by atomic mass is 10.1. The van der Waals surface area contributed by atoms with Gasteiger partial charge in [-0.2, -0.15) is 0 Å². The zero-order valence-corrected chi connectivity index (χ0v) is 9.87. The van der Waals surface area contributed by atoms with Crippen LogP contribution in [0.4, 0.5) is 4.39 Å². The van der Waals surface area contributed by atoms with Crippen LogP contribution in [-0.2, 0) is 4.74 Å². The lowest BCUT2D eigenvalue weighted by Crippen LogP contribution is -2.22. The third-order valence-electron chi connectivity index (χ3n) is 2.40. The summed E-state index contributed by atoms with van der Waals surface area (Å²) < 4.78 is 17.8. The van der Waals surface area contributed by atoms with E-state index >= 15 is 0 Å². The van der Waals surface area contributed by atoms with E-state index in [1.165, 1.54) is 12.3 Å². The van der Waals surface area contributed by atoms with Crippen molar-refractivity contribution in [3.05, 3.63) is 29.8 Å². The second-order valence-corrected chi connectivity index (χ2v) is 3.65. The minimum Gasteiger partial charge on any atom is -0.385 e. The molecule has 0 spiro atoms. The van der Waals surface area contributed by atoms with E-state index in [4.69, 9.17) is 4.74 Å². The highest BCUT2D eigenvalue weighted by molar-refractivity contribution is 5.09. The highest BCUT2D eigenvalue weighted by atomic mass is 19.1. The van der Waals surface area contributed by atoms with E-state index in [-0.39, 0.29) is 11.9 Å². The topological polar surface area (TPSA) is 34.1 Å². The molecule has 0 aromatic carbocycles. The van der Waals surface area contributed by atoms with E-state index in [0.717, 1.165) is 31.7 Å². The van der Waals surface area contributed by atoms with E-state index in [0.29, 0.717) is 0 Å². The molecule has 0 aliphatic carbocycles. The van der Waals surface area contributed by atoms with Gasteiger partial charge in [0.25, 0.3) is 0 Å². The monoisotopic (exact) mass is 226 g/mol. The zero-order valence-electron chi connectivity index (χ0n) is 9.87. The van der Waals surface area contributed by atoms with Crippen LogP contribution in [0.5, 0.6) is 0 Å². The quantitative estimate of drug-likeness (QED) is 0.724. The van der Waals surface area contributed by atoms with Crippen LogP contribution >= 0.6 is 0 Å². The van der Waals surface area contributed by atoms with E-state index in [1.807, 2.05) is 6.92 Å².